The standard InChI is InChI=1S/C25H33N3O2/c1-4-9-25(29)26-18-24-27-22-10-6-7-11-23(22)28(24)16-8-17-30-21-14-12-20(13-15-21)19(3)5-2/h6-7,10-15,19H,4-5,8-9,16-18H2,1-3H3,(H,26,29). The van der Waals surface area contributed by atoms with Crippen molar-refractivity contribution in [2.75, 3.05) is 6.61 Å². The molecule has 1 aromatic heterocycles. The van der Waals surface area contributed by atoms with E-state index in [1.807, 2.05) is 25.1 Å². The molecule has 160 valence electrons. The Hall–Kier alpha value is -2.82. The molecule has 5 nitrogen and oxygen atoms in total. The van der Waals surface area contributed by atoms with Crippen molar-refractivity contribution < 1.29 is 9.53 Å². The predicted molar refractivity (Wildman–Crippen MR) is 122 cm³/mol. The average Bonchev–Trinajstić information content (AvgIpc) is 3.13. The molecular weight excluding hydrogens is 374 g/mol. The summed E-state index contributed by atoms with van der Waals surface area (Å²) in [5, 5.41) is 2.98. The SMILES string of the molecule is CCCC(=O)NCc1nc2ccccc2n1CCCOc1ccc(C(C)CC)cc1. The summed E-state index contributed by atoms with van der Waals surface area (Å²) in [6, 6.07) is 16.5. The van der Waals surface area contributed by atoms with Crippen molar-refractivity contribution in [3.8, 4) is 5.75 Å². The third kappa shape index (κ3) is 5.62. The molecule has 0 aliphatic rings. The van der Waals surface area contributed by atoms with Crippen LogP contribution in [0.5, 0.6) is 5.75 Å². The number of carbonyl (C=O) groups excluding carboxylic acids is 1. The highest BCUT2D eigenvalue weighted by Crippen LogP contribution is 2.22. The Kier molecular flexibility index (Phi) is 7.89. The Morgan fingerprint density at radius 1 is 1.13 bits per heavy atom. The number of imidazole rings is 1. The number of ether oxygens (including phenoxy) is 1. The smallest absolute Gasteiger partial charge is 0.220 e. The number of nitrogens with zero attached hydrogens (tertiary/aromatic N) is 2. The second kappa shape index (κ2) is 10.8. The lowest BCUT2D eigenvalue weighted by Crippen LogP contribution is -2.24. The molecule has 0 aliphatic heterocycles. The first-order valence-corrected chi connectivity index (χ1v) is 11.1. The highest BCUT2D eigenvalue weighted by atomic mass is 16.5. The van der Waals surface area contributed by atoms with Gasteiger partial charge in [0.2, 0.25) is 5.91 Å². The molecule has 1 heterocycles. The third-order valence-corrected chi connectivity index (χ3v) is 5.51. The quantitative estimate of drug-likeness (QED) is 0.431. The molecule has 0 spiro atoms. The number of amides is 1. The lowest BCUT2D eigenvalue weighted by molar-refractivity contribution is -0.121. The van der Waals surface area contributed by atoms with Gasteiger partial charge in [0.15, 0.2) is 0 Å². The van der Waals surface area contributed by atoms with E-state index in [9.17, 15) is 4.79 Å². The van der Waals surface area contributed by atoms with E-state index < -0.39 is 0 Å². The van der Waals surface area contributed by atoms with Crippen LogP contribution in [-0.2, 0) is 17.9 Å². The van der Waals surface area contributed by atoms with Crippen molar-refractivity contribution in [2.24, 2.45) is 0 Å². The van der Waals surface area contributed by atoms with Crippen LogP contribution >= 0.6 is 0 Å². The van der Waals surface area contributed by atoms with Crippen molar-refractivity contribution in [2.45, 2.75) is 65.5 Å². The topological polar surface area (TPSA) is 56.2 Å². The second-order valence-electron chi connectivity index (χ2n) is 7.78. The van der Waals surface area contributed by atoms with Gasteiger partial charge in [-0.05, 0) is 55.0 Å². The van der Waals surface area contributed by atoms with E-state index in [1.54, 1.807) is 0 Å². The maximum Gasteiger partial charge on any atom is 0.220 e. The van der Waals surface area contributed by atoms with Gasteiger partial charge in [-0.2, -0.15) is 0 Å². The number of hydrogen-bond donors (Lipinski definition) is 1. The number of hydrogen-bond acceptors (Lipinski definition) is 3. The van der Waals surface area contributed by atoms with Crippen LogP contribution in [0.4, 0.5) is 0 Å². The summed E-state index contributed by atoms with van der Waals surface area (Å²) in [6.45, 7) is 8.34. The summed E-state index contributed by atoms with van der Waals surface area (Å²) in [7, 11) is 0. The zero-order valence-corrected chi connectivity index (χ0v) is 18.4. The van der Waals surface area contributed by atoms with Crippen LogP contribution in [0.1, 0.15) is 63.8 Å². The molecule has 0 bridgehead atoms. The number of nitrogens with one attached hydrogen (secondary N) is 1. The molecule has 1 N–H and O–H groups in total. The molecule has 1 unspecified atom stereocenters. The minimum absolute atomic E-state index is 0.0697. The van der Waals surface area contributed by atoms with Gasteiger partial charge in [0, 0.05) is 13.0 Å². The van der Waals surface area contributed by atoms with Gasteiger partial charge in [-0.1, -0.05) is 45.0 Å². The number of para-hydroxylation sites is 2. The summed E-state index contributed by atoms with van der Waals surface area (Å²) >= 11 is 0. The fraction of sp³-hybridized carbons (Fsp3) is 0.440. The first kappa shape index (κ1) is 21.9. The van der Waals surface area contributed by atoms with Gasteiger partial charge in [-0.15, -0.1) is 0 Å². The van der Waals surface area contributed by atoms with Gasteiger partial charge in [0.05, 0.1) is 24.2 Å². The first-order chi connectivity index (χ1) is 14.6. The van der Waals surface area contributed by atoms with Crippen molar-refractivity contribution in [3.63, 3.8) is 0 Å². The van der Waals surface area contributed by atoms with E-state index >= 15 is 0 Å². The molecule has 30 heavy (non-hydrogen) atoms. The van der Waals surface area contributed by atoms with E-state index in [1.165, 1.54) is 5.56 Å². The monoisotopic (exact) mass is 407 g/mol. The molecule has 0 radical (unpaired) electrons. The molecule has 5 heteroatoms. The van der Waals surface area contributed by atoms with Crippen LogP contribution < -0.4 is 10.1 Å². The second-order valence-corrected chi connectivity index (χ2v) is 7.78. The molecule has 0 fully saturated rings. The highest BCUT2D eigenvalue weighted by Gasteiger charge is 2.11. The van der Waals surface area contributed by atoms with Crippen LogP contribution in [0.15, 0.2) is 48.5 Å². The third-order valence-electron chi connectivity index (χ3n) is 5.51. The van der Waals surface area contributed by atoms with Gasteiger partial charge in [0.1, 0.15) is 11.6 Å². The van der Waals surface area contributed by atoms with E-state index in [2.05, 4.69) is 54.1 Å². The largest absolute Gasteiger partial charge is 0.494 e. The first-order valence-electron chi connectivity index (χ1n) is 11.1. The van der Waals surface area contributed by atoms with Gasteiger partial charge >= 0.3 is 0 Å². The molecule has 0 aliphatic carbocycles. The maximum absolute atomic E-state index is 11.9. The van der Waals surface area contributed by atoms with Gasteiger partial charge < -0.3 is 14.6 Å². The molecule has 3 rings (SSSR count). The molecule has 2 aromatic carbocycles. The molecule has 1 atom stereocenters. The summed E-state index contributed by atoms with van der Waals surface area (Å²) < 4.78 is 8.14. The van der Waals surface area contributed by atoms with Crippen LogP contribution in [0.2, 0.25) is 0 Å². The molecular formula is C25H33N3O2. The van der Waals surface area contributed by atoms with Gasteiger partial charge in [-0.3, -0.25) is 4.79 Å². The zero-order chi connectivity index (χ0) is 21.3. The fourth-order valence-corrected chi connectivity index (χ4v) is 3.54. The Bertz CT molecular complexity index is 947. The van der Waals surface area contributed by atoms with Gasteiger partial charge in [-0.25, -0.2) is 4.98 Å². The van der Waals surface area contributed by atoms with Crippen molar-refractivity contribution in [3.05, 3.63) is 59.9 Å². The van der Waals surface area contributed by atoms with Crippen molar-refractivity contribution in [1.29, 1.82) is 0 Å². The number of aryl methyl sites for hydroxylation is 1. The van der Waals surface area contributed by atoms with Crippen LogP contribution in [0, 0.1) is 0 Å². The predicted octanol–water partition coefficient (Wildman–Crippen LogP) is 5.44. The molecule has 3 aromatic rings. The fourth-order valence-electron chi connectivity index (χ4n) is 3.54. The number of carbonyl (C=O) groups is 1. The summed E-state index contributed by atoms with van der Waals surface area (Å²) in [5.74, 6) is 2.44. The van der Waals surface area contributed by atoms with Crippen LogP contribution in [0.3, 0.4) is 0 Å². The molecule has 0 saturated heterocycles. The Labute approximate surface area is 179 Å². The highest BCUT2D eigenvalue weighted by molar-refractivity contribution is 5.77. The average molecular weight is 408 g/mol. The van der Waals surface area contributed by atoms with Crippen LogP contribution in [-0.4, -0.2) is 22.1 Å². The number of benzene rings is 2. The van der Waals surface area contributed by atoms with Crippen molar-refractivity contribution >= 4 is 16.9 Å². The minimum Gasteiger partial charge on any atom is -0.494 e. The maximum atomic E-state index is 11.9. The van der Waals surface area contributed by atoms with Crippen molar-refractivity contribution in [1.82, 2.24) is 14.9 Å². The van der Waals surface area contributed by atoms with E-state index in [4.69, 9.17) is 9.72 Å². The van der Waals surface area contributed by atoms with Crippen LogP contribution in [0.25, 0.3) is 11.0 Å². The van der Waals surface area contributed by atoms with E-state index in [0.29, 0.717) is 25.5 Å². The number of rotatable bonds is 11. The number of aromatic nitrogens is 2. The molecule has 1 amide bonds. The summed E-state index contributed by atoms with van der Waals surface area (Å²) in [6.07, 6.45) is 3.39. The lowest BCUT2D eigenvalue weighted by Gasteiger charge is -2.12. The Balaban J connectivity index is 1.59. The minimum atomic E-state index is 0.0697. The van der Waals surface area contributed by atoms with Gasteiger partial charge in [0.25, 0.3) is 0 Å². The summed E-state index contributed by atoms with van der Waals surface area (Å²) in [5.41, 5.74) is 3.40. The zero-order valence-electron chi connectivity index (χ0n) is 18.4. The summed E-state index contributed by atoms with van der Waals surface area (Å²) in [4.78, 5) is 16.6. The normalized spacial score (nSPS) is 12.1. The molecule has 0 saturated carbocycles. The lowest BCUT2D eigenvalue weighted by atomic mass is 9.99. The number of fused-ring (bicyclic) bond motifs is 1. The van der Waals surface area contributed by atoms with E-state index in [0.717, 1.165) is 48.4 Å². The Morgan fingerprint density at radius 3 is 2.63 bits per heavy atom. The Morgan fingerprint density at radius 2 is 1.90 bits per heavy atom. The van der Waals surface area contributed by atoms with E-state index in [-0.39, 0.29) is 5.91 Å².